The molecule has 10 nitrogen and oxygen atoms in total. The maximum atomic E-state index is 12.8. The maximum Gasteiger partial charge on any atom is 0.272 e. The third kappa shape index (κ3) is 5.59. The number of nitriles is 1. The molecule has 0 radical (unpaired) electrons. The SMILES string of the molecule is N#Cc1cc(-c2ccnc(Nc3cccc(C(=O)N4CCOCC4)n3)n2)ccc1OC1CCOCC1. The second-order valence-electron chi connectivity index (χ2n) is 8.46. The largest absolute Gasteiger partial charge is 0.489 e. The Balaban J connectivity index is 1.31. The van der Waals surface area contributed by atoms with Gasteiger partial charge in [-0.25, -0.2) is 15.0 Å². The topological polar surface area (TPSA) is 122 Å². The number of carbonyl (C=O) groups is 1. The molecule has 2 fully saturated rings. The lowest BCUT2D eigenvalue weighted by molar-refractivity contribution is 0.0254. The van der Waals surface area contributed by atoms with Crippen molar-refractivity contribution in [3.8, 4) is 23.1 Å². The van der Waals surface area contributed by atoms with E-state index in [1.807, 2.05) is 6.07 Å². The molecule has 36 heavy (non-hydrogen) atoms. The quantitative estimate of drug-likeness (QED) is 0.560. The molecule has 0 bridgehead atoms. The molecule has 1 amide bonds. The van der Waals surface area contributed by atoms with Gasteiger partial charge in [-0.2, -0.15) is 5.26 Å². The molecule has 3 aromatic rings. The summed E-state index contributed by atoms with van der Waals surface area (Å²) < 4.78 is 16.7. The van der Waals surface area contributed by atoms with E-state index in [2.05, 4.69) is 26.3 Å². The number of anilines is 2. The van der Waals surface area contributed by atoms with Crippen LogP contribution in [0.25, 0.3) is 11.3 Å². The smallest absolute Gasteiger partial charge is 0.272 e. The van der Waals surface area contributed by atoms with Gasteiger partial charge in [0.2, 0.25) is 5.95 Å². The Labute approximate surface area is 208 Å². The zero-order valence-electron chi connectivity index (χ0n) is 19.7. The van der Waals surface area contributed by atoms with Crippen molar-refractivity contribution in [1.29, 1.82) is 5.26 Å². The van der Waals surface area contributed by atoms with Crippen LogP contribution in [0, 0.1) is 11.3 Å². The average Bonchev–Trinajstić information content (AvgIpc) is 2.94. The number of amides is 1. The zero-order chi connectivity index (χ0) is 24.7. The van der Waals surface area contributed by atoms with E-state index in [-0.39, 0.29) is 12.0 Å². The fourth-order valence-electron chi connectivity index (χ4n) is 4.10. The molecule has 2 saturated heterocycles. The highest BCUT2D eigenvalue weighted by Crippen LogP contribution is 2.28. The van der Waals surface area contributed by atoms with Crippen LogP contribution < -0.4 is 10.1 Å². The lowest BCUT2D eigenvalue weighted by Crippen LogP contribution is -2.41. The van der Waals surface area contributed by atoms with Gasteiger partial charge < -0.3 is 24.4 Å². The Morgan fingerprint density at radius 2 is 1.86 bits per heavy atom. The fourth-order valence-corrected chi connectivity index (χ4v) is 4.10. The average molecular weight is 487 g/mol. The first kappa shape index (κ1) is 23.7. The third-order valence-corrected chi connectivity index (χ3v) is 6.02. The summed E-state index contributed by atoms with van der Waals surface area (Å²) in [6.07, 6.45) is 3.29. The Morgan fingerprint density at radius 3 is 2.67 bits per heavy atom. The van der Waals surface area contributed by atoms with Crippen LogP contribution in [0.3, 0.4) is 0 Å². The van der Waals surface area contributed by atoms with Crippen molar-refractivity contribution in [3.63, 3.8) is 0 Å². The van der Waals surface area contributed by atoms with Gasteiger partial charge in [0.15, 0.2) is 0 Å². The molecule has 4 heterocycles. The number of ether oxygens (including phenoxy) is 3. The summed E-state index contributed by atoms with van der Waals surface area (Å²) in [5.74, 6) is 1.22. The van der Waals surface area contributed by atoms with Crippen LogP contribution in [0.2, 0.25) is 0 Å². The van der Waals surface area contributed by atoms with Gasteiger partial charge in [-0.05, 0) is 36.4 Å². The fraction of sp³-hybridized carbons (Fsp3) is 0.346. The molecule has 0 unspecified atom stereocenters. The number of morpholine rings is 1. The molecule has 1 N–H and O–H groups in total. The van der Waals surface area contributed by atoms with Gasteiger partial charge in [-0.1, -0.05) is 6.07 Å². The summed E-state index contributed by atoms with van der Waals surface area (Å²) in [5.41, 5.74) is 2.20. The predicted molar refractivity (Wildman–Crippen MR) is 131 cm³/mol. The van der Waals surface area contributed by atoms with Crippen LogP contribution in [-0.2, 0) is 9.47 Å². The standard InChI is InChI=1S/C26H26N6O4/c27-17-19-16-18(4-5-23(19)36-20-7-12-34-13-8-20)21-6-9-28-26(30-21)31-24-3-1-2-22(29-24)25(33)32-10-14-35-15-11-32/h1-6,9,16,20H,7-8,10-15H2,(H,28,29,30,31). The van der Waals surface area contributed by atoms with Gasteiger partial charge in [0, 0.05) is 37.7 Å². The summed E-state index contributed by atoms with van der Waals surface area (Å²) in [7, 11) is 0. The second kappa shape index (κ2) is 11.1. The van der Waals surface area contributed by atoms with E-state index in [1.54, 1.807) is 47.5 Å². The highest BCUT2D eigenvalue weighted by atomic mass is 16.5. The predicted octanol–water partition coefficient (Wildman–Crippen LogP) is 3.18. The van der Waals surface area contributed by atoms with Crippen molar-refractivity contribution in [2.45, 2.75) is 18.9 Å². The van der Waals surface area contributed by atoms with Gasteiger partial charge in [0.25, 0.3) is 5.91 Å². The first-order chi connectivity index (χ1) is 17.7. The van der Waals surface area contributed by atoms with E-state index in [0.717, 1.165) is 18.4 Å². The monoisotopic (exact) mass is 486 g/mol. The van der Waals surface area contributed by atoms with E-state index in [4.69, 9.17) is 14.2 Å². The summed E-state index contributed by atoms with van der Waals surface area (Å²) in [6.45, 7) is 3.49. The van der Waals surface area contributed by atoms with E-state index in [1.165, 1.54) is 0 Å². The van der Waals surface area contributed by atoms with Crippen LogP contribution in [-0.4, -0.2) is 71.4 Å². The summed E-state index contributed by atoms with van der Waals surface area (Å²) in [5, 5.41) is 12.8. The van der Waals surface area contributed by atoms with E-state index < -0.39 is 0 Å². The number of pyridine rings is 1. The van der Waals surface area contributed by atoms with E-state index in [9.17, 15) is 10.1 Å². The molecule has 2 aliphatic heterocycles. The number of carbonyl (C=O) groups excluding carboxylic acids is 1. The van der Waals surface area contributed by atoms with Crippen LogP contribution in [0.15, 0.2) is 48.7 Å². The van der Waals surface area contributed by atoms with Gasteiger partial charge in [-0.15, -0.1) is 0 Å². The molecule has 0 saturated carbocycles. The van der Waals surface area contributed by atoms with Crippen molar-refractivity contribution in [3.05, 3.63) is 59.9 Å². The Morgan fingerprint density at radius 1 is 1.06 bits per heavy atom. The minimum atomic E-state index is -0.135. The van der Waals surface area contributed by atoms with Crippen LogP contribution in [0.4, 0.5) is 11.8 Å². The molecule has 10 heteroatoms. The molecular formula is C26H26N6O4. The van der Waals surface area contributed by atoms with Crippen molar-refractivity contribution in [1.82, 2.24) is 19.9 Å². The van der Waals surface area contributed by atoms with Gasteiger partial charge in [0.05, 0.1) is 37.7 Å². The number of aromatic nitrogens is 3. The highest BCUT2D eigenvalue weighted by molar-refractivity contribution is 5.92. The van der Waals surface area contributed by atoms with Crippen LogP contribution >= 0.6 is 0 Å². The lowest BCUT2D eigenvalue weighted by Gasteiger charge is -2.26. The number of nitrogens with zero attached hydrogens (tertiary/aromatic N) is 5. The summed E-state index contributed by atoms with van der Waals surface area (Å²) >= 11 is 0. The first-order valence-electron chi connectivity index (χ1n) is 11.9. The van der Waals surface area contributed by atoms with Gasteiger partial charge >= 0.3 is 0 Å². The molecule has 184 valence electrons. The normalized spacial score (nSPS) is 16.2. The number of hydrogen-bond donors (Lipinski definition) is 1. The van der Waals surface area contributed by atoms with Crippen molar-refractivity contribution in [2.24, 2.45) is 0 Å². The number of rotatable bonds is 6. The van der Waals surface area contributed by atoms with Crippen LogP contribution in [0.5, 0.6) is 5.75 Å². The Kier molecular flexibility index (Phi) is 7.30. The molecular weight excluding hydrogens is 460 g/mol. The molecule has 2 aromatic heterocycles. The first-order valence-corrected chi connectivity index (χ1v) is 11.9. The van der Waals surface area contributed by atoms with E-state index in [0.29, 0.717) is 74.0 Å². The molecule has 0 aliphatic carbocycles. The second-order valence-corrected chi connectivity index (χ2v) is 8.46. The van der Waals surface area contributed by atoms with Crippen LogP contribution in [0.1, 0.15) is 28.9 Å². The molecule has 0 atom stereocenters. The number of hydrogen-bond acceptors (Lipinski definition) is 9. The van der Waals surface area contributed by atoms with Gasteiger partial charge in [0.1, 0.15) is 29.4 Å². The Bertz CT molecular complexity index is 1270. The zero-order valence-corrected chi connectivity index (χ0v) is 19.7. The van der Waals surface area contributed by atoms with E-state index >= 15 is 0 Å². The number of nitrogens with one attached hydrogen (secondary N) is 1. The lowest BCUT2D eigenvalue weighted by atomic mass is 10.1. The molecule has 0 spiro atoms. The highest BCUT2D eigenvalue weighted by Gasteiger charge is 2.20. The Hall–Kier alpha value is -4.07. The molecule has 2 aliphatic rings. The minimum Gasteiger partial charge on any atom is -0.489 e. The van der Waals surface area contributed by atoms with Gasteiger partial charge in [-0.3, -0.25) is 4.79 Å². The third-order valence-electron chi connectivity index (χ3n) is 6.02. The minimum absolute atomic E-state index is 0.0462. The van der Waals surface area contributed by atoms with Crippen molar-refractivity contribution >= 4 is 17.7 Å². The molecule has 1 aromatic carbocycles. The summed E-state index contributed by atoms with van der Waals surface area (Å²) in [6, 6.07) is 14.6. The van der Waals surface area contributed by atoms with Crippen molar-refractivity contribution < 1.29 is 19.0 Å². The van der Waals surface area contributed by atoms with Crippen molar-refractivity contribution in [2.75, 3.05) is 44.8 Å². The molecule has 5 rings (SSSR count). The number of benzene rings is 1. The maximum absolute atomic E-state index is 12.8. The summed E-state index contributed by atoms with van der Waals surface area (Å²) in [4.78, 5) is 27.8.